The van der Waals surface area contributed by atoms with Crippen molar-refractivity contribution in [3.63, 3.8) is 0 Å². The molecule has 0 spiro atoms. The van der Waals surface area contributed by atoms with Crippen molar-refractivity contribution in [2.24, 2.45) is 0 Å². The second kappa shape index (κ2) is 13.2. The monoisotopic (exact) mass is 858 g/mol. The minimum absolute atomic E-state index is 0.737. The van der Waals surface area contributed by atoms with Gasteiger partial charge in [0.15, 0.2) is 9.84 Å². The summed E-state index contributed by atoms with van der Waals surface area (Å²) in [5, 5.41) is -1.65. The van der Waals surface area contributed by atoms with Crippen molar-refractivity contribution in [2.45, 2.75) is 10.5 Å². The lowest BCUT2D eigenvalue weighted by Crippen LogP contribution is -2.19. The van der Waals surface area contributed by atoms with E-state index in [9.17, 15) is 8.42 Å². The molecule has 0 saturated heterocycles. The van der Waals surface area contributed by atoms with E-state index < -0.39 is 20.3 Å². The molecule has 188 valence electrons. The first-order chi connectivity index (χ1) is 17.7. The van der Waals surface area contributed by atoms with E-state index in [1.54, 1.807) is 12.2 Å². The Kier molecular flexibility index (Phi) is 10.2. The van der Waals surface area contributed by atoms with Crippen LogP contribution in [0, 0.1) is 7.14 Å². The maximum atomic E-state index is 14.4. The van der Waals surface area contributed by atoms with E-state index >= 15 is 0 Å². The molecule has 0 fully saturated rings. The van der Waals surface area contributed by atoms with Crippen molar-refractivity contribution in [2.75, 3.05) is 0 Å². The van der Waals surface area contributed by atoms with Gasteiger partial charge in [-0.25, -0.2) is 8.42 Å². The Hall–Kier alpha value is -1.27. The van der Waals surface area contributed by atoms with E-state index in [-0.39, 0.29) is 0 Å². The zero-order chi connectivity index (χ0) is 26.4. The first-order valence-electron chi connectivity index (χ1n) is 11.3. The van der Waals surface area contributed by atoms with Crippen molar-refractivity contribution in [3.05, 3.63) is 148 Å². The van der Waals surface area contributed by atoms with Crippen molar-refractivity contribution in [1.29, 1.82) is 0 Å². The lowest BCUT2D eigenvalue weighted by Gasteiger charge is -2.22. The van der Waals surface area contributed by atoms with Crippen molar-refractivity contribution < 1.29 is 8.42 Å². The van der Waals surface area contributed by atoms with Crippen LogP contribution in [0.3, 0.4) is 0 Å². The molecule has 2 atom stereocenters. The molecule has 4 aromatic rings. The highest BCUT2D eigenvalue weighted by atomic mass is 127. The zero-order valence-electron chi connectivity index (χ0n) is 19.4. The number of sulfone groups is 1. The summed E-state index contributed by atoms with van der Waals surface area (Å²) in [6.07, 6.45) is 7.37. The third kappa shape index (κ3) is 7.88. The fourth-order valence-corrected chi connectivity index (χ4v) is 7.06. The smallest absolute Gasteiger partial charge is 0.171 e. The Labute approximate surface area is 262 Å². The van der Waals surface area contributed by atoms with Gasteiger partial charge in [0.05, 0.1) is 0 Å². The minimum Gasteiger partial charge on any atom is -0.227 e. The van der Waals surface area contributed by atoms with Gasteiger partial charge >= 0.3 is 0 Å². The average molecular weight is 860 g/mol. The Bertz CT molecular complexity index is 1390. The number of halogens is 4. The fraction of sp³-hybridized carbons (Fsp3) is 0.0667. The third-order valence-corrected chi connectivity index (χ3v) is 10.5. The van der Waals surface area contributed by atoms with E-state index in [0.717, 1.165) is 38.3 Å². The maximum absolute atomic E-state index is 14.4. The summed E-state index contributed by atoms with van der Waals surface area (Å²) in [5.74, 6) is 0. The summed E-state index contributed by atoms with van der Waals surface area (Å²) in [6, 6.07) is 31.0. The van der Waals surface area contributed by atoms with Gasteiger partial charge in [0.25, 0.3) is 0 Å². The van der Waals surface area contributed by atoms with Gasteiger partial charge < -0.3 is 0 Å². The van der Waals surface area contributed by atoms with Gasteiger partial charge in [-0.3, -0.25) is 0 Å². The SMILES string of the molecule is O=S(=O)(C(/C=C/c1ccc(Br)cc1)c1ccc(I)cc1)C(/C=C/c1ccc(Br)cc1)c1ccc(I)cc1. The van der Waals surface area contributed by atoms with Crippen molar-refractivity contribution >= 4 is 99.0 Å². The lowest BCUT2D eigenvalue weighted by molar-refractivity contribution is 0.584. The number of rotatable bonds is 8. The molecule has 4 aromatic carbocycles. The fourth-order valence-electron chi connectivity index (χ4n) is 3.83. The van der Waals surface area contributed by atoms with Crippen LogP contribution >= 0.6 is 77.0 Å². The molecule has 4 rings (SSSR count). The molecule has 0 N–H and O–H groups in total. The van der Waals surface area contributed by atoms with Crippen LogP contribution in [0.15, 0.2) is 118 Å². The standard InChI is InChI=1S/C30H22Br2I2O2S/c31-25-11-1-21(2-12-25)5-19-29(23-7-15-27(33)16-8-23)37(35,36)30(24-9-17-28(34)18-10-24)20-6-22-3-13-26(32)14-4-22/h1-20,29-30H/b19-5+,20-6+. The van der Waals surface area contributed by atoms with Crippen LogP contribution in [0.25, 0.3) is 12.2 Å². The Morgan fingerprint density at radius 1 is 0.541 bits per heavy atom. The second-order valence-electron chi connectivity index (χ2n) is 8.35. The largest absolute Gasteiger partial charge is 0.227 e. The molecule has 0 aliphatic heterocycles. The first kappa shape index (κ1) is 28.7. The van der Waals surface area contributed by atoms with Gasteiger partial charge in [-0.15, -0.1) is 0 Å². The molecule has 0 radical (unpaired) electrons. The molecule has 2 nitrogen and oxygen atoms in total. The van der Waals surface area contributed by atoms with Crippen LogP contribution in [0.1, 0.15) is 32.8 Å². The normalized spacial score (nSPS) is 13.7. The number of hydrogen-bond acceptors (Lipinski definition) is 2. The Morgan fingerprint density at radius 3 is 1.19 bits per heavy atom. The predicted octanol–water partition coefficient (Wildman–Crippen LogP) is 10.0. The highest BCUT2D eigenvalue weighted by molar-refractivity contribution is 14.1. The quantitative estimate of drug-likeness (QED) is 0.166. The second-order valence-corrected chi connectivity index (χ2v) is 14.9. The van der Waals surface area contributed by atoms with Gasteiger partial charge in [-0.05, 0) is 116 Å². The molecule has 2 unspecified atom stereocenters. The van der Waals surface area contributed by atoms with E-state index in [0.29, 0.717) is 0 Å². The Balaban J connectivity index is 1.81. The van der Waals surface area contributed by atoms with Crippen LogP contribution in [0.2, 0.25) is 0 Å². The predicted molar refractivity (Wildman–Crippen MR) is 179 cm³/mol. The van der Waals surface area contributed by atoms with Gasteiger partial charge in [-0.2, -0.15) is 0 Å². The summed E-state index contributed by atoms with van der Waals surface area (Å²) in [6.45, 7) is 0. The molecular weight excluding hydrogens is 838 g/mol. The van der Waals surface area contributed by atoms with Gasteiger partial charge in [0, 0.05) is 16.1 Å². The molecule has 0 heterocycles. The lowest BCUT2D eigenvalue weighted by atomic mass is 10.1. The molecule has 0 amide bonds. The Morgan fingerprint density at radius 2 is 0.865 bits per heavy atom. The van der Waals surface area contributed by atoms with Crippen LogP contribution in [-0.2, 0) is 9.84 Å². The summed E-state index contributed by atoms with van der Waals surface area (Å²) in [7, 11) is -3.75. The number of benzene rings is 4. The van der Waals surface area contributed by atoms with E-state index in [1.807, 2.05) is 109 Å². The van der Waals surface area contributed by atoms with Crippen LogP contribution in [-0.4, -0.2) is 8.42 Å². The molecular formula is C30H22Br2I2O2S. The average Bonchev–Trinajstić information content (AvgIpc) is 2.88. The first-order valence-corrected chi connectivity index (χ1v) is 16.7. The summed E-state index contributed by atoms with van der Waals surface area (Å²) in [4.78, 5) is 0. The van der Waals surface area contributed by atoms with E-state index in [2.05, 4.69) is 77.0 Å². The summed E-state index contributed by atoms with van der Waals surface area (Å²) < 4.78 is 32.9. The molecule has 0 aromatic heterocycles. The molecule has 0 bridgehead atoms. The molecule has 0 aliphatic rings. The number of hydrogen-bond donors (Lipinski definition) is 0. The molecule has 7 heteroatoms. The molecule has 0 saturated carbocycles. The zero-order valence-corrected chi connectivity index (χ0v) is 27.7. The topological polar surface area (TPSA) is 34.1 Å². The van der Waals surface area contributed by atoms with Crippen LogP contribution in [0.5, 0.6) is 0 Å². The maximum Gasteiger partial charge on any atom is 0.171 e. The summed E-state index contributed by atoms with van der Waals surface area (Å²) >= 11 is 11.4. The summed E-state index contributed by atoms with van der Waals surface area (Å²) in [5.41, 5.74) is 3.35. The van der Waals surface area contributed by atoms with Crippen LogP contribution < -0.4 is 0 Å². The third-order valence-electron chi connectivity index (χ3n) is 5.77. The van der Waals surface area contributed by atoms with Gasteiger partial charge in [0.1, 0.15) is 10.5 Å². The van der Waals surface area contributed by atoms with Crippen LogP contribution in [0.4, 0.5) is 0 Å². The molecule has 0 aliphatic carbocycles. The van der Waals surface area contributed by atoms with E-state index in [1.165, 1.54) is 0 Å². The van der Waals surface area contributed by atoms with E-state index in [4.69, 9.17) is 0 Å². The highest BCUT2D eigenvalue weighted by Crippen LogP contribution is 2.37. The molecule has 37 heavy (non-hydrogen) atoms. The van der Waals surface area contributed by atoms with Gasteiger partial charge in [0.2, 0.25) is 0 Å². The van der Waals surface area contributed by atoms with Gasteiger partial charge in [-0.1, -0.05) is 105 Å². The van der Waals surface area contributed by atoms with Crippen molar-refractivity contribution in [3.8, 4) is 0 Å². The highest BCUT2D eigenvalue weighted by Gasteiger charge is 2.33. The van der Waals surface area contributed by atoms with Crippen molar-refractivity contribution in [1.82, 2.24) is 0 Å². The minimum atomic E-state index is -3.75.